The maximum Gasteiger partial charge on any atom is 0.250 e. The molecule has 0 heterocycles. The molecule has 0 aromatic heterocycles. The minimum atomic E-state index is -2.41. The molecule has 0 spiro atoms. The van der Waals surface area contributed by atoms with Crippen LogP contribution in [-0.4, -0.2) is 31.0 Å². The van der Waals surface area contributed by atoms with Crippen LogP contribution in [0.25, 0.3) is 0 Å². The molecule has 0 saturated heterocycles. The zero-order valence-electron chi connectivity index (χ0n) is 8.16. The average Bonchev–Trinajstić information content (AvgIpc) is 1.81. The van der Waals surface area contributed by atoms with Gasteiger partial charge in [-0.1, -0.05) is 0 Å². The zero-order chi connectivity index (χ0) is 10.5. The summed E-state index contributed by atoms with van der Waals surface area (Å²) in [5, 5.41) is 4.99. The van der Waals surface area contributed by atoms with Crippen molar-refractivity contribution < 1.29 is 13.6 Å². The summed E-state index contributed by atoms with van der Waals surface area (Å²) >= 11 is 0. The van der Waals surface area contributed by atoms with Gasteiger partial charge in [-0.15, -0.1) is 0 Å². The lowest BCUT2D eigenvalue weighted by molar-refractivity contribution is -0.121. The molecule has 2 N–H and O–H groups in total. The zero-order valence-corrected chi connectivity index (χ0v) is 8.16. The van der Waals surface area contributed by atoms with E-state index in [0.29, 0.717) is 0 Å². The Hall–Kier alpha value is -0.710. The Morgan fingerprint density at radius 1 is 1.38 bits per heavy atom. The molecule has 0 aromatic carbocycles. The SMILES string of the molecule is CC(C)(C)NC(=O)CNCC(F)F. The normalized spacial score (nSPS) is 11.8. The summed E-state index contributed by atoms with van der Waals surface area (Å²) in [4.78, 5) is 11.0. The van der Waals surface area contributed by atoms with Crippen LogP contribution in [0.3, 0.4) is 0 Å². The molecule has 0 aromatic rings. The van der Waals surface area contributed by atoms with Crippen molar-refractivity contribution in [1.82, 2.24) is 10.6 Å². The lowest BCUT2D eigenvalue weighted by atomic mass is 10.1. The predicted octanol–water partition coefficient (Wildman–Crippen LogP) is 0.756. The minimum absolute atomic E-state index is 0.0678. The van der Waals surface area contributed by atoms with E-state index in [2.05, 4.69) is 10.6 Å². The minimum Gasteiger partial charge on any atom is -0.350 e. The van der Waals surface area contributed by atoms with Crippen molar-refractivity contribution in [3.05, 3.63) is 0 Å². The van der Waals surface area contributed by atoms with Crippen LogP contribution in [-0.2, 0) is 4.79 Å². The fourth-order valence-corrected chi connectivity index (χ4v) is 0.757. The second-order valence-electron chi connectivity index (χ2n) is 3.82. The van der Waals surface area contributed by atoms with Crippen LogP contribution in [0, 0.1) is 0 Å². The average molecular weight is 194 g/mol. The highest BCUT2D eigenvalue weighted by Crippen LogP contribution is 1.97. The summed E-state index contributed by atoms with van der Waals surface area (Å²) in [6, 6.07) is 0. The quantitative estimate of drug-likeness (QED) is 0.693. The van der Waals surface area contributed by atoms with E-state index in [0.717, 1.165) is 0 Å². The molecule has 0 bridgehead atoms. The molecule has 13 heavy (non-hydrogen) atoms. The maximum absolute atomic E-state index is 11.6. The molecule has 0 fully saturated rings. The van der Waals surface area contributed by atoms with Gasteiger partial charge >= 0.3 is 0 Å². The molecular weight excluding hydrogens is 178 g/mol. The molecule has 0 rings (SSSR count). The van der Waals surface area contributed by atoms with Crippen LogP contribution in [0.15, 0.2) is 0 Å². The Labute approximate surface area is 76.9 Å². The predicted molar refractivity (Wildman–Crippen MR) is 46.8 cm³/mol. The second-order valence-corrected chi connectivity index (χ2v) is 3.82. The fraction of sp³-hybridized carbons (Fsp3) is 0.875. The lowest BCUT2D eigenvalue weighted by Crippen LogP contribution is -2.45. The van der Waals surface area contributed by atoms with Crippen molar-refractivity contribution in [2.24, 2.45) is 0 Å². The van der Waals surface area contributed by atoms with Gasteiger partial charge < -0.3 is 10.6 Å². The molecule has 0 unspecified atom stereocenters. The van der Waals surface area contributed by atoms with Crippen molar-refractivity contribution in [2.45, 2.75) is 32.7 Å². The summed E-state index contributed by atoms with van der Waals surface area (Å²) in [7, 11) is 0. The Morgan fingerprint density at radius 2 is 1.92 bits per heavy atom. The van der Waals surface area contributed by atoms with Gasteiger partial charge in [-0.2, -0.15) is 0 Å². The smallest absolute Gasteiger partial charge is 0.250 e. The van der Waals surface area contributed by atoms with Crippen LogP contribution < -0.4 is 10.6 Å². The molecule has 0 aliphatic carbocycles. The second kappa shape index (κ2) is 5.11. The summed E-state index contributed by atoms with van der Waals surface area (Å²) in [6.07, 6.45) is -2.41. The van der Waals surface area contributed by atoms with E-state index in [1.807, 2.05) is 20.8 Å². The number of carbonyl (C=O) groups is 1. The van der Waals surface area contributed by atoms with Crippen LogP contribution in [0.4, 0.5) is 8.78 Å². The first-order valence-electron chi connectivity index (χ1n) is 4.11. The lowest BCUT2D eigenvalue weighted by Gasteiger charge is -2.20. The number of nitrogens with one attached hydrogen (secondary N) is 2. The van der Waals surface area contributed by atoms with Gasteiger partial charge in [-0.3, -0.25) is 4.79 Å². The van der Waals surface area contributed by atoms with Gasteiger partial charge in [0.2, 0.25) is 5.91 Å². The van der Waals surface area contributed by atoms with Crippen molar-refractivity contribution in [1.29, 1.82) is 0 Å². The monoisotopic (exact) mass is 194 g/mol. The first kappa shape index (κ1) is 12.3. The van der Waals surface area contributed by atoms with E-state index in [1.54, 1.807) is 0 Å². The molecule has 3 nitrogen and oxygen atoms in total. The van der Waals surface area contributed by atoms with Crippen molar-refractivity contribution >= 4 is 5.91 Å². The highest BCUT2D eigenvalue weighted by molar-refractivity contribution is 5.78. The molecular formula is C8H16F2N2O. The van der Waals surface area contributed by atoms with Crippen LogP contribution >= 0.6 is 0 Å². The standard InChI is InChI=1S/C8H16F2N2O/c1-8(2,3)12-7(13)5-11-4-6(9)10/h6,11H,4-5H2,1-3H3,(H,12,13). The number of hydrogen-bond acceptors (Lipinski definition) is 2. The van der Waals surface area contributed by atoms with Crippen LogP contribution in [0.1, 0.15) is 20.8 Å². The summed E-state index contributed by atoms with van der Waals surface area (Å²) in [6.45, 7) is 4.98. The fourth-order valence-electron chi connectivity index (χ4n) is 0.757. The molecule has 0 atom stereocenters. The number of amides is 1. The van der Waals surface area contributed by atoms with E-state index in [9.17, 15) is 13.6 Å². The summed E-state index contributed by atoms with van der Waals surface area (Å²) < 4.78 is 23.3. The number of rotatable bonds is 4. The van der Waals surface area contributed by atoms with E-state index in [-0.39, 0.29) is 18.0 Å². The highest BCUT2D eigenvalue weighted by Gasteiger charge is 2.13. The van der Waals surface area contributed by atoms with Gasteiger partial charge in [0, 0.05) is 5.54 Å². The Kier molecular flexibility index (Phi) is 4.83. The van der Waals surface area contributed by atoms with Crippen molar-refractivity contribution in [3.8, 4) is 0 Å². The molecule has 1 amide bonds. The third kappa shape index (κ3) is 9.20. The number of halogens is 2. The summed E-state index contributed by atoms with van der Waals surface area (Å²) in [5.41, 5.74) is -0.316. The third-order valence-corrected chi connectivity index (χ3v) is 1.10. The van der Waals surface area contributed by atoms with E-state index in [1.165, 1.54) is 0 Å². The number of carbonyl (C=O) groups excluding carboxylic acids is 1. The molecule has 0 radical (unpaired) electrons. The first-order valence-corrected chi connectivity index (χ1v) is 4.11. The summed E-state index contributed by atoms with van der Waals surface area (Å²) in [5.74, 6) is -0.270. The van der Waals surface area contributed by atoms with Gasteiger partial charge in [-0.05, 0) is 20.8 Å². The van der Waals surface area contributed by atoms with Crippen molar-refractivity contribution in [2.75, 3.05) is 13.1 Å². The molecule has 0 aliphatic rings. The van der Waals surface area contributed by atoms with Gasteiger partial charge in [0.15, 0.2) is 0 Å². The van der Waals surface area contributed by atoms with E-state index in [4.69, 9.17) is 0 Å². The van der Waals surface area contributed by atoms with Crippen LogP contribution in [0.5, 0.6) is 0 Å². The van der Waals surface area contributed by atoms with E-state index >= 15 is 0 Å². The molecule has 0 aliphatic heterocycles. The third-order valence-electron chi connectivity index (χ3n) is 1.10. The van der Waals surface area contributed by atoms with Gasteiger partial charge in [0.05, 0.1) is 13.1 Å². The molecule has 0 saturated carbocycles. The topological polar surface area (TPSA) is 41.1 Å². The van der Waals surface area contributed by atoms with Gasteiger partial charge in [-0.25, -0.2) is 8.78 Å². The first-order chi connectivity index (χ1) is 5.81. The Morgan fingerprint density at radius 3 is 2.31 bits per heavy atom. The largest absolute Gasteiger partial charge is 0.350 e. The molecule has 78 valence electrons. The van der Waals surface area contributed by atoms with Gasteiger partial charge in [0.25, 0.3) is 6.43 Å². The Bertz CT molecular complexity index is 166. The highest BCUT2D eigenvalue weighted by atomic mass is 19.3. The molecule has 5 heteroatoms. The number of alkyl halides is 2. The van der Waals surface area contributed by atoms with Crippen LogP contribution in [0.2, 0.25) is 0 Å². The van der Waals surface area contributed by atoms with Gasteiger partial charge in [0.1, 0.15) is 0 Å². The van der Waals surface area contributed by atoms with Crippen molar-refractivity contribution in [3.63, 3.8) is 0 Å². The Balaban J connectivity index is 3.53. The van der Waals surface area contributed by atoms with E-state index < -0.39 is 13.0 Å². The number of hydrogen-bond donors (Lipinski definition) is 2. The maximum atomic E-state index is 11.6.